The van der Waals surface area contributed by atoms with Crippen LogP contribution in [0.3, 0.4) is 0 Å². The van der Waals surface area contributed by atoms with Gasteiger partial charge in [0.15, 0.2) is 0 Å². The molecule has 5 nitrogen and oxygen atoms in total. The Morgan fingerprint density at radius 2 is 1.69 bits per heavy atom. The van der Waals surface area contributed by atoms with Crippen LogP contribution in [0.2, 0.25) is 0 Å². The van der Waals surface area contributed by atoms with Crippen molar-refractivity contribution in [3.05, 3.63) is 64.6 Å². The fourth-order valence-electron chi connectivity index (χ4n) is 3.14. The first-order chi connectivity index (χ1) is 12.7. The number of thiophene rings is 1. The summed E-state index contributed by atoms with van der Waals surface area (Å²) in [5.41, 5.74) is 3.33. The molecule has 0 unspecified atom stereocenters. The second-order valence-corrected chi connectivity index (χ2v) is 7.27. The van der Waals surface area contributed by atoms with Crippen LogP contribution in [0.25, 0.3) is 11.1 Å². The molecule has 1 aliphatic heterocycles. The third kappa shape index (κ3) is 3.32. The van der Waals surface area contributed by atoms with Crippen LogP contribution in [0.15, 0.2) is 54.2 Å². The number of benzene rings is 1. The predicted octanol–water partition coefficient (Wildman–Crippen LogP) is 3.48. The van der Waals surface area contributed by atoms with Crippen molar-refractivity contribution in [2.45, 2.75) is 6.92 Å². The van der Waals surface area contributed by atoms with E-state index in [1.54, 1.807) is 12.4 Å². The average Bonchev–Trinajstić information content (AvgIpc) is 3.19. The molecule has 1 fully saturated rings. The van der Waals surface area contributed by atoms with Gasteiger partial charge in [-0.1, -0.05) is 29.8 Å². The number of anilines is 1. The number of carbonyl (C=O) groups excluding carboxylic acids is 1. The lowest BCUT2D eigenvalue weighted by molar-refractivity contribution is 0.0752. The molecule has 0 spiro atoms. The van der Waals surface area contributed by atoms with E-state index in [2.05, 4.69) is 46.1 Å². The lowest BCUT2D eigenvalue weighted by Crippen LogP contribution is -2.49. The van der Waals surface area contributed by atoms with Crippen LogP contribution in [-0.2, 0) is 0 Å². The highest BCUT2D eigenvalue weighted by Gasteiger charge is 2.25. The van der Waals surface area contributed by atoms with Gasteiger partial charge < -0.3 is 9.80 Å². The number of hydrogen-bond acceptors (Lipinski definition) is 5. The minimum atomic E-state index is 0.115. The highest BCUT2D eigenvalue weighted by atomic mass is 32.1. The molecular formula is C20H20N4OS. The maximum absolute atomic E-state index is 13.1. The molecule has 132 valence electrons. The highest BCUT2D eigenvalue weighted by Crippen LogP contribution is 2.30. The van der Waals surface area contributed by atoms with Crippen molar-refractivity contribution in [3.8, 4) is 11.1 Å². The van der Waals surface area contributed by atoms with Crippen LogP contribution in [0, 0.1) is 6.92 Å². The zero-order valence-electron chi connectivity index (χ0n) is 14.6. The third-order valence-corrected chi connectivity index (χ3v) is 5.53. The molecule has 3 aromatic rings. The van der Waals surface area contributed by atoms with Crippen LogP contribution >= 0.6 is 11.3 Å². The SMILES string of the molecule is Cc1ccc(-c2ccsc2C(=O)N2CCN(c3ncccn3)CC2)cc1. The molecule has 0 N–H and O–H groups in total. The Morgan fingerprint density at radius 1 is 1.00 bits per heavy atom. The fourth-order valence-corrected chi connectivity index (χ4v) is 4.03. The summed E-state index contributed by atoms with van der Waals surface area (Å²) in [6.07, 6.45) is 3.50. The first-order valence-electron chi connectivity index (χ1n) is 8.68. The molecule has 1 amide bonds. The van der Waals surface area contributed by atoms with Gasteiger partial charge in [-0.2, -0.15) is 0 Å². The minimum Gasteiger partial charge on any atom is -0.337 e. The Balaban J connectivity index is 1.48. The zero-order valence-corrected chi connectivity index (χ0v) is 15.4. The normalized spacial score (nSPS) is 14.5. The number of carbonyl (C=O) groups is 1. The topological polar surface area (TPSA) is 49.3 Å². The van der Waals surface area contributed by atoms with Crippen LogP contribution < -0.4 is 4.90 Å². The summed E-state index contributed by atoms with van der Waals surface area (Å²) in [5, 5.41) is 2.00. The molecule has 2 aromatic heterocycles. The summed E-state index contributed by atoms with van der Waals surface area (Å²) >= 11 is 1.52. The van der Waals surface area contributed by atoms with Gasteiger partial charge in [-0.3, -0.25) is 4.79 Å². The monoisotopic (exact) mass is 364 g/mol. The first-order valence-corrected chi connectivity index (χ1v) is 9.56. The van der Waals surface area contributed by atoms with E-state index in [0.29, 0.717) is 13.1 Å². The molecule has 0 bridgehead atoms. The zero-order chi connectivity index (χ0) is 17.9. The van der Waals surface area contributed by atoms with E-state index in [1.165, 1.54) is 16.9 Å². The Hall–Kier alpha value is -2.73. The molecule has 1 saturated heterocycles. The van der Waals surface area contributed by atoms with Gasteiger partial charge in [0.2, 0.25) is 5.95 Å². The summed E-state index contributed by atoms with van der Waals surface area (Å²) in [6, 6.07) is 12.2. The molecular weight excluding hydrogens is 344 g/mol. The van der Waals surface area contributed by atoms with E-state index in [9.17, 15) is 4.79 Å². The number of rotatable bonds is 3. The van der Waals surface area contributed by atoms with Crippen LogP contribution in [0.4, 0.5) is 5.95 Å². The maximum atomic E-state index is 13.1. The Labute approximate surface area is 156 Å². The van der Waals surface area contributed by atoms with E-state index in [-0.39, 0.29) is 5.91 Å². The molecule has 26 heavy (non-hydrogen) atoms. The lowest BCUT2D eigenvalue weighted by atomic mass is 10.0. The molecule has 3 heterocycles. The van der Waals surface area contributed by atoms with Crippen molar-refractivity contribution in [2.24, 2.45) is 0 Å². The van der Waals surface area contributed by atoms with Gasteiger partial charge in [0.1, 0.15) is 0 Å². The number of hydrogen-bond donors (Lipinski definition) is 0. The van der Waals surface area contributed by atoms with Gasteiger partial charge in [0.05, 0.1) is 4.88 Å². The smallest absolute Gasteiger partial charge is 0.264 e. The minimum absolute atomic E-state index is 0.115. The molecule has 0 atom stereocenters. The van der Waals surface area contributed by atoms with Crippen LogP contribution in [-0.4, -0.2) is 47.0 Å². The average molecular weight is 364 g/mol. The van der Waals surface area contributed by atoms with Gasteiger partial charge in [0, 0.05) is 44.1 Å². The van der Waals surface area contributed by atoms with E-state index < -0.39 is 0 Å². The number of amides is 1. The van der Waals surface area contributed by atoms with Gasteiger partial charge in [-0.25, -0.2) is 9.97 Å². The number of aryl methyl sites for hydroxylation is 1. The van der Waals surface area contributed by atoms with E-state index >= 15 is 0 Å². The third-order valence-electron chi connectivity index (χ3n) is 4.62. The second kappa shape index (κ2) is 7.25. The Bertz CT molecular complexity index is 884. The van der Waals surface area contributed by atoms with Crippen molar-refractivity contribution in [2.75, 3.05) is 31.1 Å². The molecule has 0 aliphatic carbocycles. The Kier molecular flexibility index (Phi) is 4.67. The largest absolute Gasteiger partial charge is 0.337 e. The van der Waals surface area contributed by atoms with Crippen molar-refractivity contribution >= 4 is 23.2 Å². The van der Waals surface area contributed by atoms with E-state index in [1.807, 2.05) is 22.4 Å². The highest BCUT2D eigenvalue weighted by molar-refractivity contribution is 7.12. The fraction of sp³-hybridized carbons (Fsp3) is 0.250. The lowest BCUT2D eigenvalue weighted by Gasteiger charge is -2.34. The predicted molar refractivity (Wildman–Crippen MR) is 105 cm³/mol. The summed E-state index contributed by atoms with van der Waals surface area (Å²) in [6.45, 7) is 4.94. The number of nitrogens with zero attached hydrogens (tertiary/aromatic N) is 4. The van der Waals surface area contributed by atoms with Gasteiger partial charge in [0.25, 0.3) is 5.91 Å². The molecule has 0 saturated carbocycles. The summed E-state index contributed by atoms with van der Waals surface area (Å²) in [4.78, 5) is 26.5. The van der Waals surface area contributed by atoms with Crippen molar-refractivity contribution in [1.29, 1.82) is 0 Å². The molecule has 6 heteroatoms. The summed E-state index contributed by atoms with van der Waals surface area (Å²) in [5.74, 6) is 0.847. The first kappa shape index (κ1) is 16.7. The van der Waals surface area contributed by atoms with Crippen molar-refractivity contribution in [3.63, 3.8) is 0 Å². The molecule has 0 radical (unpaired) electrons. The standard InChI is InChI=1S/C20H20N4OS/c1-15-3-5-16(6-4-15)17-7-14-26-18(17)19(25)23-10-12-24(13-11-23)20-21-8-2-9-22-20/h2-9,14H,10-13H2,1H3. The molecule has 1 aromatic carbocycles. The van der Waals surface area contributed by atoms with Gasteiger partial charge in [-0.05, 0) is 30.0 Å². The second-order valence-electron chi connectivity index (χ2n) is 6.36. The van der Waals surface area contributed by atoms with E-state index in [0.717, 1.165) is 35.0 Å². The quantitative estimate of drug-likeness (QED) is 0.714. The van der Waals surface area contributed by atoms with Crippen molar-refractivity contribution in [1.82, 2.24) is 14.9 Å². The van der Waals surface area contributed by atoms with Crippen LogP contribution in [0.5, 0.6) is 0 Å². The number of piperazine rings is 1. The van der Waals surface area contributed by atoms with Gasteiger partial charge in [-0.15, -0.1) is 11.3 Å². The number of aromatic nitrogens is 2. The maximum Gasteiger partial charge on any atom is 0.264 e. The molecule has 1 aliphatic rings. The van der Waals surface area contributed by atoms with Gasteiger partial charge >= 0.3 is 0 Å². The summed E-state index contributed by atoms with van der Waals surface area (Å²) in [7, 11) is 0. The van der Waals surface area contributed by atoms with Crippen LogP contribution in [0.1, 0.15) is 15.2 Å². The van der Waals surface area contributed by atoms with Crippen molar-refractivity contribution < 1.29 is 4.79 Å². The van der Waals surface area contributed by atoms with E-state index in [4.69, 9.17) is 0 Å². The summed E-state index contributed by atoms with van der Waals surface area (Å²) < 4.78 is 0. The molecule has 4 rings (SSSR count). The Morgan fingerprint density at radius 3 is 2.38 bits per heavy atom.